The molecule has 1 aromatic heterocycles. The van der Waals surface area contributed by atoms with E-state index in [1.54, 1.807) is 29.6 Å². The number of hydrogen-bond acceptors (Lipinski definition) is 4. The molecule has 0 unspecified atom stereocenters. The number of carbonyl (C=O) groups excluding carboxylic acids is 2. The van der Waals surface area contributed by atoms with Crippen molar-refractivity contribution in [2.45, 2.75) is 6.92 Å². The summed E-state index contributed by atoms with van der Waals surface area (Å²) in [7, 11) is 0. The van der Waals surface area contributed by atoms with Gasteiger partial charge in [0.05, 0.1) is 4.88 Å². The molecule has 0 aliphatic heterocycles. The fraction of sp³-hybridized carbons (Fsp3) is 0.0714. The molecule has 114 valence electrons. The van der Waals surface area contributed by atoms with E-state index in [9.17, 15) is 9.59 Å². The van der Waals surface area contributed by atoms with Gasteiger partial charge in [0, 0.05) is 10.0 Å². The fourth-order valence-corrected chi connectivity index (χ4v) is 2.66. The van der Waals surface area contributed by atoms with E-state index < -0.39 is 0 Å². The predicted molar refractivity (Wildman–Crippen MR) is 93.9 cm³/mol. The van der Waals surface area contributed by atoms with Gasteiger partial charge in [0.25, 0.3) is 11.8 Å². The van der Waals surface area contributed by atoms with Crippen LogP contribution < -0.4 is 16.2 Å². The van der Waals surface area contributed by atoms with Crippen LogP contribution in [0.1, 0.15) is 25.6 Å². The van der Waals surface area contributed by atoms with Crippen LogP contribution in [-0.2, 0) is 0 Å². The zero-order valence-corrected chi connectivity index (χ0v) is 14.7. The van der Waals surface area contributed by atoms with Crippen molar-refractivity contribution in [2.24, 2.45) is 0 Å². The van der Waals surface area contributed by atoms with Gasteiger partial charge in [0.15, 0.2) is 5.11 Å². The van der Waals surface area contributed by atoms with E-state index in [-0.39, 0.29) is 16.9 Å². The molecule has 2 amide bonds. The van der Waals surface area contributed by atoms with Crippen molar-refractivity contribution in [3.8, 4) is 0 Å². The van der Waals surface area contributed by atoms with Gasteiger partial charge in [-0.05, 0) is 48.3 Å². The SMILES string of the molecule is Cc1ccc(C(=O)NNC(=S)NC(=O)c2cccs2)cc1Br. The second-order valence-corrected chi connectivity index (χ2v) is 6.51. The summed E-state index contributed by atoms with van der Waals surface area (Å²) in [4.78, 5) is 24.3. The quantitative estimate of drug-likeness (QED) is 0.538. The highest BCUT2D eigenvalue weighted by atomic mass is 79.9. The van der Waals surface area contributed by atoms with E-state index in [1.165, 1.54) is 11.3 Å². The lowest BCUT2D eigenvalue weighted by molar-refractivity contribution is 0.0935. The molecule has 0 aliphatic carbocycles. The van der Waals surface area contributed by atoms with Crippen molar-refractivity contribution in [3.63, 3.8) is 0 Å². The van der Waals surface area contributed by atoms with Crippen molar-refractivity contribution >= 4 is 56.4 Å². The number of rotatable bonds is 2. The van der Waals surface area contributed by atoms with Crippen LogP contribution in [0.5, 0.6) is 0 Å². The molecule has 22 heavy (non-hydrogen) atoms. The Morgan fingerprint density at radius 2 is 1.95 bits per heavy atom. The Morgan fingerprint density at radius 3 is 2.59 bits per heavy atom. The van der Waals surface area contributed by atoms with Crippen LogP contribution in [-0.4, -0.2) is 16.9 Å². The summed E-state index contributed by atoms with van der Waals surface area (Å²) in [6.07, 6.45) is 0. The van der Waals surface area contributed by atoms with E-state index in [4.69, 9.17) is 12.2 Å². The van der Waals surface area contributed by atoms with Crippen LogP contribution in [0.25, 0.3) is 0 Å². The van der Waals surface area contributed by atoms with Crippen molar-refractivity contribution in [3.05, 3.63) is 56.2 Å². The molecule has 0 saturated heterocycles. The molecule has 2 aromatic rings. The topological polar surface area (TPSA) is 70.2 Å². The van der Waals surface area contributed by atoms with Gasteiger partial charge in [-0.15, -0.1) is 11.3 Å². The number of hydrogen-bond donors (Lipinski definition) is 3. The number of thiocarbonyl (C=S) groups is 1. The second kappa shape index (κ2) is 7.48. The molecule has 0 radical (unpaired) electrons. The Balaban J connectivity index is 1.86. The second-order valence-electron chi connectivity index (χ2n) is 4.30. The number of aryl methyl sites for hydroxylation is 1. The highest BCUT2D eigenvalue weighted by molar-refractivity contribution is 9.10. The van der Waals surface area contributed by atoms with E-state index in [2.05, 4.69) is 32.1 Å². The van der Waals surface area contributed by atoms with Crippen LogP contribution in [0.15, 0.2) is 40.2 Å². The lowest BCUT2D eigenvalue weighted by Crippen LogP contribution is -2.48. The van der Waals surface area contributed by atoms with Crippen LogP contribution in [0.3, 0.4) is 0 Å². The van der Waals surface area contributed by atoms with Gasteiger partial charge in [0.1, 0.15) is 0 Å². The third-order valence-corrected chi connectivity index (χ3v) is 4.62. The number of amides is 2. The first-order valence-electron chi connectivity index (χ1n) is 6.18. The average molecular weight is 398 g/mol. The first-order chi connectivity index (χ1) is 10.5. The van der Waals surface area contributed by atoms with Gasteiger partial charge >= 0.3 is 0 Å². The summed E-state index contributed by atoms with van der Waals surface area (Å²) in [5.41, 5.74) is 6.43. The maximum atomic E-state index is 12.0. The molecule has 0 aliphatic rings. The van der Waals surface area contributed by atoms with Crippen molar-refractivity contribution in [2.75, 3.05) is 0 Å². The molecule has 5 nitrogen and oxygen atoms in total. The zero-order valence-electron chi connectivity index (χ0n) is 11.5. The molecular weight excluding hydrogens is 386 g/mol. The summed E-state index contributed by atoms with van der Waals surface area (Å²) in [6.45, 7) is 1.93. The molecule has 0 fully saturated rings. The fourth-order valence-electron chi connectivity index (χ4n) is 1.52. The summed E-state index contributed by atoms with van der Waals surface area (Å²) >= 11 is 9.63. The molecule has 3 N–H and O–H groups in total. The largest absolute Gasteiger partial charge is 0.297 e. The van der Waals surface area contributed by atoms with Crippen LogP contribution in [0.4, 0.5) is 0 Å². The first kappa shape index (κ1) is 16.6. The number of thiophene rings is 1. The van der Waals surface area contributed by atoms with Crippen LogP contribution >= 0.6 is 39.5 Å². The molecule has 1 aromatic carbocycles. The Labute approximate surface area is 145 Å². The Kier molecular flexibility index (Phi) is 5.64. The minimum atomic E-state index is -0.353. The lowest BCUT2D eigenvalue weighted by Gasteiger charge is -2.10. The summed E-state index contributed by atoms with van der Waals surface area (Å²) in [6, 6.07) is 8.69. The van der Waals surface area contributed by atoms with Gasteiger partial charge in [0.2, 0.25) is 0 Å². The molecule has 1 heterocycles. The van der Waals surface area contributed by atoms with Crippen molar-refractivity contribution in [1.82, 2.24) is 16.2 Å². The molecule has 0 spiro atoms. The number of carbonyl (C=O) groups is 2. The normalized spacial score (nSPS) is 9.91. The number of nitrogens with one attached hydrogen (secondary N) is 3. The summed E-state index contributed by atoms with van der Waals surface area (Å²) in [5.74, 6) is -0.673. The van der Waals surface area contributed by atoms with Gasteiger partial charge < -0.3 is 0 Å². The zero-order chi connectivity index (χ0) is 16.1. The smallest absolute Gasteiger partial charge is 0.269 e. The molecule has 2 rings (SSSR count). The Bertz CT molecular complexity index is 717. The van der Waals surface area contributed by atoms with E-state index in [1.807, 2.05) is 13.0 Å². The first-order valence-corrected chi connectivity index (χ1v) is 8.27. The molecule has 0 bridgehead atoms. The monoisotopic (exact) mass is 397 g/mol. The number of benzene rings is 1. The number of hydrazine groups is 1. The van der Waals surface area contributed by atoms with Gasteiger partial charge in [-0.2, -0.15) is 0 Å². The van der Waals surface area contributed by atoms with E-state index in [0.29, 0.717) is 10.4 Å². The van der Waals surface area contributed by atoms with Crippen molar-refractivity contribution in [1.29, 1.82) is 0 Å². The van der Waals surface area contributed by atoms with Gasteiger partial charge in [-0.3, -0.25) is 25.8 Å². The Morgan fingerprint density at radius 1 is 1.18 bits per heavy atom. The van der Waals surface area contributed by atoms with Crippen molar-refractivity contribution < 1.29 is 9.59 Å². The highest BCUT2D eigenvalue weighted by Gasteiger charge is 2.10. The third kappa shape index (κ3) is 4.36. The summed E-state index contributed by atoms with van der Waals surface area (Å²) in [5, 5.41) is 4.30. The summed E-state index contributed by atoms with van der Waals surface area (Å²) < 4.78 is 0.841. The molecule has 0 saturated carbocycles. The maximum Gasteiger partial charge on any atom is 0.269 e. The van der Waals surface area contributed by atoms with Gasteiger partial charge in [-0.25, -0.2) is 0 Å². The van der Waals surface area contributed by atoms with Gasteiger partial charge in [-0.1, -0.05) is 28.1 Å². The number of halogens is 1. The Hall–Kier alpha value is -1.77. The minimum absolute atomic E-state index is 0.0259. The maximum absolute atomic E-state index is 12.0. The molecular formula is C14H12BrN3O2S2. The average Bonchev–Trinajstić information content (AvgIpc) is 3.02. The van der Waals surface area contributed by atoms with E-state index in [0.717, 1.165) is 10.0 Å². The predicted octanol–water partition coefficient (Wildman–Crippen LogP) is 2.77. The van der Waals surface area contributed by atoms with E-state index >= 15 is 0 Å². The third-order valence-electron chi connectivity index (χ3n) is 2.70. The minimum Gasteiger partial charge on any atom is -0.297 e. The molecule has 0 atom stereocenters. The standard InChI is InChI=1S/C14H12BrN3O2S2/c1-8-4-5-9(7-10(8)15)12(19)17-18-14(21)16-13(20)11-3-2-6-22-11/h2-7H,1H3,(H,17,19)(H2,16,18,20,21). The molecule has 8 heteroatoms. The van der Waals surface area contributed by atoms with Crippen LogP contribution in [0.2, 0.25) is 0 Å². The highest BCUT2D eigenvalue weighted by Crippen LogP contribution is 2.17. The lowest BCUT2D eigenvalue weighted by atomic mass is 10.1. The van der Waals surface area contributed by atoms with Crippen LogP contribution in [0, 0.1) is 6.92 Å².